The predicted octanol–water partition coefficient (Wildman–Crippen LogP) is 4.13. The van der Waals surface area contributed by atoms with Gasteiger partial charge in [0.2, 0.25) is 0 Å². The van der Waals surface area contributed by atoms with Gasteiger partial charge in [-0.2, -0.15) is 5.26 Å². The minimum absolute atomic E-state index is 0.0651. The number of ketones is 1. The predicted molar refractivity (Wildman–Crippen MR) is 107 cm³/mol. The lowest BCUT2D eigenvalue weighted by molar-refractivity contribution is -0.118. The van der Waals surface area contributed by atoms with Crippen LogP contribution in [0, 0.1) is 20.3 Å². The van der Waals surface area contributed by atoms with Gasteiger partial charge in [-0.25, -0.2) is 0 Å². The molecule has 1 aromatic carbocycles. The second-order valence-electron chi connectivity index (χ2n) is 7.60. The maximum Gasteiger partial charge on any atom is 0.171 e. The maximum absolute atomic E-state index is 13.0. The Labute approximate surface area is 166 Å². The first-order valence-electron chi connectivity index (χ1n) is 8.39. The number of hydrogen-bond acceptors (Lipinski definition) is 5. The molecule has 0 fully saturated rings. The Morgan fingerprint density at radius 2 is 2.08 bits per heavy atom. The van der Waals surface area contributed by atoms with Crippen LogP contribution >= 0.6 is 22.6 Å². The van der Waals surface area contributed by atoms with E-state index in [-0.39, 0.29) is 16.9 Å². The lowest BCUT2D eigenvalue weighted by Crippen LogP contribution is -2.36. The van der Waals surface area contributed by atoms with Gasteiger partial charge in [0.25, 0.3) is 0 Å². The summed E-state index contributed by atoms with van der Waals surface area (Å²) in [7, 11) is 1.49. The van der Waals surface area contributed by atoms with E-state index in [1.807, 2.05) is 35.6 Å². The summed E-state index contributed by atoms with van der Waals surface area (Å²) in [4.78, 5) is 13.0. The van der Waals surface area contributed by atoms with Gasteiger partial charge in [-0.05, 0) is 59.0 Å². The van der Waals surface area contributed by atoms with Crippen molar-refractivity contribution in [1.29, 1.82) is 5.26 Å². The van der Waals surface area contributed by atoms with Crippen LogP contribution in [0.5, 0.6) is 11.5 Å². The molecule has 3 rings (SSSR count). The number of aromatic hydroxyl groups is 1. The SMILES string of the molecule is COc1cc([C@H]2C(C#N)=C(C)NC3=C2C(=O)CC(C)(C)C3)cc(I)c1O. The molecule has 0 amide bonds. The van der Waals surface area contributed by atoms with E-state index in [2.05, 4.69) is 25.2 Å². The van der Waals surface area contributed by atoms with E-state index >= 15 is 0 Å². The van der Waals surface area contributed by atoms with Crippen molar-refractivity contribution in [3.05, 3.63) is 43.8 Å². The molecule has 0 spiro atoms. The molecule has 1 aromatic rings. The van der Waals surface area contributed by atoms with E-state index in [0.29, 0.717) is 26.9 Å². The molecule has 136 valence electrons. The van der Waals surface area contributed by atoms with Crippen molar-refractivity contribution in [2.24, 2.45) is 5.41 Å². The molecule has 1 heterocycles. The van der Waals surface area contributed by atoms with Crippen molar-refractivity contribution in [3.63, 3.8) is 0 Å². The van der Waals surface area contributed by atoms with Gasteiger partial charge in [0, 0.05) is 23.4 Å². The summed E-state index contributed by atoms with van der Waals surface area (Å²) >= 11 is 2.03. The Hall–Kier alpha value is -2.01. The summed E-state index contributed by atoms with van der Waals surface area (Å²) in [6.45, 7) is 6.03. The number of benzene rings is 1. The number of phenols is 1. The minimum Gasteiger partial charge on any atom is -0.504 e. The van der Waals surface area contributed by atoms with Crippen LogP contribution in [-0.2, 0) is 4.79 Å². The molecule has 0 unspecified atom stereocenters. The van der Waals surface area contributed by atoms with E-state index in [9.17, 15) is 15.2 Å². The zero-order chi connectivity index (χ0) is 19.2. The summed E-state index contributed by atoms with van der Waals surface area (Å²) in [6.07, 6.45) is 1.21. The number of hydrogen-bond donors (Lipinski definition) is 2. The smallest absolute Gasteiger partial charge is 0.171 e. The highest BCUT2D eigenvalue weighted by Gasteiger charge is 2.41. The normalized spacial score (nSPS) is 21.8. The number of dihydropyridines is 1. The van der Waals surface area contributed by atoms with Crippen molar-refractivity contribution in [2.75, 3.05) is 7.11 Å². The standard InChI is InChI=1S/C20H21IN2O3/c1-10-12(9-22)17(11-5-13(21)19(25)16(6-11)26-4)18-14(23-10)7-20(2,3)8-15(18)24/h5-6,17,23,25H,7-8H2,1-4H3/t17-/m0/s1. The van der Waals surface area contributed by atoms with E-state index in [0.717, 1.165) is 23.4 Å². The van der Waals surface area contributed by atoms with E-state index in [4.69, 9.17) is 4.74 Å². The van der Waals surface area contributed by atoms with E-state index < -0.39 is 5.92 Å². The fraction of sp³-hybridized carbons (Fsp3) is 0.400. The van der Waals surface area contributed by atoms with Crippen molar-refractivity contribution >= 4 is 28.4 Å². The molecule has 0 bridgehead atoms. The van der Waals surface area contributed by atoms with E-state index in [1.54, 1.807) is 6.07 Å². The molecule has 1 atom stereocenters. The average Bonchev–Trinajstić information content (AvgIpc) is 2.54. The minimum atomic E-state index is -0.442. The number of methoxy groups -OCH3 is 1. The molecular weight excluding hydrogens is 443 g/mol. The summed E-state index contributed by atoms with van der Waals surface area (Å²) in [6, 6.07) is 5.81. The molecule has 0 aromatic heterocycles. The highest BCUT2D eigenvalue weighted by atomic mass is 127. The molecule has 1 aliphatic carbocycles. The Balaban J connectivity index is 2.24. The lowest BCUT2D eigenvalue weighted by atomic mass is 9.69. The number of rotatable bonds is 2. The summed E-state index contributed by atoms with van der Waals surface area (Å²) in [5.74, 6) is 0.0281. The molecule has 0 radical (unpaired) electrons. The van der Waals surface area contributed by atoms with Crippen LogP contribution in [0.15, 0.2) is 34.7 Å². The number of phenolic OH excluding ortho intramolecular Hbond substituents is 1. The van der Waals surface area contributed by atoms with Crippen LogP contribution in [-0.4, -0.2) is 18.0 Å². The number of ether oxygens (including phenoxy) is 1. The number of nitrogens with zero attached hydrogens (tertiary/aromatic N) is 1. The van der Waals surface area contributed by atoms with Gasteiger partial charge in [0.15, 0.2) is 17.3 Å². The third-order valence-corrected chi connectivity index (χ3v) is 5.79. The zero-order valence-electron chi connectivity index (χ0n) is 15.2. The number of nitriles is 1. The second kappa shape index (κ2) is 6.62. The van der Waals surface area contributed by atoms with Gasteiger partial charge >= 0.3 is 0 Å². The summed E-state index contributed by atoms with van der Waals surface area (Å²) in [5.41, 5.74) is 3.52. The molecule has 2 aliphatic rings. The van der Waals surface area contributed by atoms with Crippen molar-refractivity contribution < 1.29 is 14.6 Å². The van der Waals surface area contributed by atoms with Crippen LogP contribution in [0.25, 0.3) is 0 Å². The molecule has 6 heteroatoms. The van der Waals surface area contributed by atoms with Gasteiger partial charge in [-0.1, -0.05) is 13.8 Å². The molecule has 1 aliphatic heterocycles. The van der Waals surface area contributed by atoms with Gasteiger partial charge in [-0.15, -0.1) is 0 Å². The first kappa shape index (κ1) is 18.8. The van der Waals surface area contributed by atoms with Crippen molar-refractivity contribution in [1.82, 2.24) is 5.32 Å². The summed E-state index contributed by atoms with van der Waals surface area (Å²) < 4.78 is 5.90. The Kier molecular flexibility index (Phi) is 4.78. The monoisotopic (exact) mass is 464 g/mol. The second-order valence-corrected chi connectivity index (χ2v) is 8.76. The lowest BCUT2D eigenvalue weighted by Gasteiger charge is -2.38. The average molecular weight is 464 g/mol. The van der Waals surface area contributed by atoms with Crippen LogP contribution in [0.1, 0.15) is 45.1 Å². The van der Waals surface area contributed by atoms with Crippen molar-refractivity contribution in [3.8, 4) is 17.6 Å². The third kappa shape index (κ3) is 3.09. The number of carbonyl (C=O) groups is 1. The molecule has 26 heavy (non-hydrogen) atoms. The maximum atomic E-state index is 13.0. The van der Waals surface area contributed by atoms with Crippen LogP contribution in [0.3, 0.4) is 0 Å². The van der Waals surface area contributed by atoms with Crippen LogP contribution in [0.2, 0.25) is 0 Å². The highest BCUT2D eigenvalue weighted by molar-refractivity contribution is 14.1. The van der Waals surface area contributed by atoms with Crippen LogP contribution < -0.4 is 10.1 Å². The molecule has 0 saturated heterocycles. The molecule has 2 N–H and O–H groups in total. The third-order valence-electron chi connectivity index (χ3n) is 4.96. The molecular formula is C20H21IN2O3. The Bertz CT molecular complexity index is 906. The van der Waals surface area contributed by atoms with Crippen molar-refractivity contribution in [2.45, 2.75) is 39.5 Å². The first-order chi connectivity index (χ1) is 12.2. The largest absolute Gasteiger partial charge is 0.504 e. The van der Waals surface area contributed by atoms with Gasteiger partial charge in [-0.3, -0.25) is 4.79 Å². The van der Waals surface area contributed by atoms with E-state index in [1.165, 1.54) is 7.11 Å². The number of halogens is 1. The topological polar surface area (TPSA) is 82.3 Å². The number of Topliss-reactive ketones (excluding diaryl/α,β-unsaturated/α-hetero) is 1. The molecule has 0 saturated carbocycles. The summed E-state index contributed by atoms with van der Waals surface area (Å²) in [5, 5.41) is 23.2. The van der Waals surface area contributed by atoms with Crippen LogP contribution in [0.4, 0.5) is 0 Å². The number of carbonyl (C=O) groups excluding carboxylic acids is 1. The quantitative estimate of drug-likeness (QED) is 0.644. The van der Waals surface area contributed by atoms with Gasteiger partial charge in [0.05, 0.1) is 28.2 Å². The molecule has 5 nitrogen and oxygen atoms in total. The zero-order valence-corrected chi connectivity index (χ0v) is 17.4. The number of nitrogens with one attached hydrogen (secondary N) is 1. The fourth-order valence-electron chi connectivity index (χ4n) is 3.83. The highest BCUT2D eigenvalue weighted by Crippen LogP contribution is 2.47. The van der Waals surface area contributed by atoms with Gasteiger partial charge in [0.1, 0.15) is 0 Å². The first-order valence-corrected chi connectivity index (χ1v) is 9.47. The van der Waals surface area contributed by atoms with Gasteiger partial charge < -0.3 is 15.2 Å². The number of allylic oxidation sites excluding steroid dienone is 4. The fourth-order valence-corrected chi connectivity index (χ4v) is 4.46. The Morgan fingerprint density at radius 1 is 1.38 bits per heavy atom. The Morgan fingerprint density at radius 3 is 2.69 bits per heavy atom.